The van der Waals surface area contributed by atoms with Gasteiger partial charge in [0.15, 0.2) is 5.69 Å². The van der Waals surface area contributed by atoms with Crippen LogP contribution in [-0.2, 0) is 13.2 Å². The van der Waals surface area contributed by atoms with Crippen LogP contribution in [0.1, 0.15) is 12.1 Å². The highest BCUT2D eigenvalue weighted by Gasteiger charge is 2.35. The Morgan fingerprint density at radius 2 is 2.32 bits per heavy atom. The van der Waals surface area contributed by atoms with Crippen LogP contribution in [0.4, 0.5) is 18.0 Å². The van der Waals surface area contributed by atoms with Gasteiger partial charge < -0.3 is 20.1 Å². The predicted molar refractivity (Wildman–Crippen MR) is 69.7 cm³/mol. The zero-order chi connectivity index (χ0) is 16.3. The first kappa shape index (κ1) is 16.4. The van der Waals surface area contributed by atoms with E-state index in [0.29, 0.717) is 26.1 Å². The predicted octanol–water partition coefficient (Wildman–Crippen LogP) is 1.16. The van der Waals surface area contributed by atoms with E-state index in [0.717, 1.165) is 10.7 Å². The van der Waals surface area contributed by atoms with Crippen LogP contribution in [0.5, 0.6) is 5.88 Å². The first-order chi connectivity index (χ1) is 10.3. The molecule has 2 heterocycles. The number of aryl methyl sites for hydroxylation is 1. The largest absolute Gasteiger partial charge is 0.478 e. The molecule has 1 amide bonds. The fraction of sp³-hybridized carbons (Fsp3) is 0.667. The van der Waals surface area contributed by atoms with Crippen LogP contribution in [0.3, 0.4) is 0 Å². The molecule has 1 fully saturated rings. The van der Waals surface area contributed by atoms with E-state index in [2.05, 4.69) is 10.4 Å². The second-order valence-electron chi connectivity index (χ2n) is 5.01. The summed E-state index contributed by atoms with van der Waals surface area (Å²) in [5.41, 5.74) is -1.00. The molecule has 7 nitrogen and oxygen atoms in total. The van der Waals surface area contributed by atoms with E-state index >= 15 is 0 Å². The summed E-state index contributed by atoms with van der Waals surface area (Å²) in [5, 5.41) is 15.4. The number of hydrogen-bond donors (Lipinski definition) is 2. The Bertz CT molecular complexity index is 532. The number of amides is 1. The lowest BCUT2D eigenvalue weighted by Gasteiger charge is -2.31. The summed E-state index contributed by atoms with van der Waals surface area (Å²) in [6.45, 7) is 1.46. The van der Waals surface area contributed by atoms with E-state index in [9.17, 15) is 18.0 Å². The lowest BCUT2D eigenvalue weighted by molar-refractivity contribution is -0.141. The lowest BCUT2D eigenvalue weighted by Crippen LogP contribution is -2.52. The zero-order valence-electron chi connectivity index (χ0n) is 11.9. The quantitative estimate of drug-likeness (QED) is 0.869. The molecule has 0 unspecified atom stereocenters. The van der Waals surface area contributed by atoms with E-state index in [-0.39, 0.29) is 18.5 Å². The van der Waals surface area contributed by atoms with E-state index in [1.165, 1.54) is 11.9 Å². The minimum atomic E-state index is -4.51. The van der Waals surface area contributed by atoms with Crippen LogP contribution in [0.2, 0.25) is 0 Å². The molecule has 1 saturated heterocycles. The van der Waals surface area contributed by atoms with Crippen molar-refractivity contribution in [2.24, 2.45) is 7.05 Å². The van der Waals surface area contributed by atoms with Crippen LogP contribution >= 0.6 is 0 Å². The topological polar surface area (TPSA) is 79.6 Å². The average Bonchev–Trinajstić information content (AvgIpc) is 2.81. The van der Waals surface area contributed by atoms with Crippen molar-refractivity contribution in [2.75, 3.05) is 26.2 Å². The van der Waals surface area contributed by atoms with Crippen LogP contribution in [0, 0.1) is 0 Å². The van der Waals surface area contributed by atoms with Gasteiger partial charge in [-0.15, -0.1) is 0 Å². The fourth-order valence-electron chi connectivity index (χ4n) is 2.22. The number of hydrogen-bond acceptors (Lipinski definition) is 4. The Morgan fingerprint density at radius 1 is 1.59 bits per heavy atom. The number of aromatic nitrogens is 2. The minimum Gasteiger partial charge on any atom is -0.478 e. The summed E-state index contributed by atoms with van der Waals surface area (Å²) in [4.78, 5) is 12.2. The standard InChI is InChI=1S/C12H17F3N4O3/c1-18-10(6-9(17-18)12(13,14)15)22-5-2-8-7-19(11(20)21)4-3-16-8/h6,8,16H,2-5,7H2,1H3,(H,20,21)/t8-/m1/s1. The number of piperazine rings is 1. The molecule has 2 rings (SSSR count). The zero-order valence-corrected chi connectivity index (χ0v) is 11.9. The van der Waals surface area contributed by atoms with Crippen LogP contribution in [0.25, 0.3) is 0 Å². The molecule has 1 aliphatic heterocycles. The monoisotopic (exact) mass is 322 g/mol. The normalized spacial score (nSPS) is 19.3. The summed E-state index contributed by atoms with van der Waals surface area (Å²) >= 11 is 0. The molecular weight excluding hydrogens is 305 g/mol. The van der Waals surface area contributed by atoms with Crippen molar-refractivity contribution in [3.05, 3.63) is 11.8 Å². The van der Waals surface area contributed by atoms with Crippen molar-refractivity contribution in [3.63, 3.8) is 0 Å². The molecule has 1 aliphatic rings. The molecule has 1 atom stereocenters. The molecule has 2 N–H and O–H groups in total. The maximum absolute atomic E-state index is 12.5. The van der Waals surface area contributed by atoms with Gasteiger partial charge in [-0.2, -0.15) is 18.3 Å². The van der Waals surface area contributed by atoms with Crippen molar-refractivity contribution in [1.29, 1.82) is 0 Å². The van der Waals surface area contributed by atoms with Gasteiger partial charge in [0.1, 0.15) is 0 Å². The Balaban J connectivity index is 1.84. The van der Waals surface area contributed by atoms with E-state index in [4.69, 9.17) is 9.84 Å². The van der Waals surface area contributed by atoms with E-state index < -0.39 is 18.0 Å². The number of halogens is 3. The summed E-state index contributed by atoms with van der Waals surface area (Å²) in [5.74, 6) is 0.0261. The van der Waals surface area contributed by atoms with Gasteiger partial charge in [-0.1, -0.05) is 0 Å². The third-order valence-corrected chi connectivity index (χ3v) is 3.37. The number of ether oxygens (including phenoxy) is 1. The van der Waals surface area contributed by atoms with Gasteiger partial charge in [-0.25, -0.2) is 9.48 Å². The molecule has 0 bridgehead atoms. The second kappa shape index (κ2) is 6.42. The molecule has 0 aromatic carbocycles. The van der Waals surface area contributed by atoms with Crippen LogP contribution in [0.15, 0.2) is 6.07 Å². The summed E-state index contributed by atoms with van der Waals surface area (Å²) in [6.07, 6.45) is -5.00. The van der Waals surface area contributed by atoms with Gasteiger partial charge in [-0.05, 0) is 6.42 Å². The van der Waals surface area contributed by atoms with Crippen LogP contribution in [-0.4, -0.2) is 58.2 Å². The summed E-state index contributed by atoms with van der Waals surface area (Å²) in [6, 6.07) is 0.762. The highest BCUT2D eigenvalue weighted by molar-refractivity contribution is 5.65. The smallest absolute Gasteiger partial charge is 0.435 e. The molecule has 1 aromatic heterocycles. The van der Waals surface area contributed by atoms with Gasteiger partial charge in [-0.3, -0.25) is 0 Å². The van der Waals surface area contributed by atoms with Crippen molar-refractivity contribution in [1.82, 2.24) is 20.0 Å². The Morgan fingerprint density at radius 3 is 2.91 bits per heavy atom. The van der Waals surface area contributed by atoms with Gasteiger partial charge >= 0.3 is 12.3 Å². The highest BCUT2D eigenvalue weighted by atomic mass is 19.4. The van der Waals surface area contributed by atoms with Gasteiger partial charge in [0.2, 0.25) is 5.88 Å². The molecule has 0 radical (unpaired) electrons. The van der Waals surface area contributed by atoms with Crippen molar-refractivity contribution in [3.8, 4) is 5.88 Å². The number of rotatable bonds is 4. The number of nitrogens with zero attached hydrogens (tertiary/aromatic N) is 3. The number of nitrogens with one attached hydrogen (secondary N) is 1. The molecule has 0 saturated carbocycles. The molecule has 124 valence electrons. The van der Waals surface area contributed by atoms with Crippen molar-refractivity contribution < 1.29 is 27.8 Å². The van der Waals surface area contributed by atoms with E-state index in [1.54, 1.807) is 0 Å². The van der Waals surface area contributed by atoms with Gasteiger partial charge in [0.25, 0.3) is 0 Å². The molecule has 22 heavy (non-hydrogen) atoms. The lowest BCUT2D eigenvalue weighted by atomic mass is 10.1. The Kier molecular flexibility index (Phi) is 4.79. The van der Waals surface area contributed by atoms with Gasteiger partial charge in [0, 0.05) is 38.8 Å². The van der Waals surface area contributed by atoms with E-state index in [1.807, 2.05) is 0 Å². The number of carbonyl (C=O) groups is 1. The molecule has 0 spiro atoms. The Hall–Kier alpha value is -1.97. The Labute approximate surface area is 124 Å². The van der Waals surface area contributed by atoms with Crippen molar-refractivity contribution in [2.45, 2.75) is 18.6 Å². The van der Waals surface area contributed by atoms with Gasteiger partial charge in [0.05, 0.1) is 6.61 Å². The third kappa shape index (κ3) is 4.03. The van der Waals surface area contributed by atoms with Crippen LogP contribution < -0.4 is 10.1 Å². The second-order valence-corrected chi connectivity index (χ2v) is 5.01. The maximum atomic E-state index is 12.5. The number of alkyl halides is 3. The molecule has 1 aromatic rings. The third-order valence-electron chi connectivity index (χ3n) is 3.37. The summed E-state index contributed by atoms with van der Waals surface area (Å²) in [7, 11) is 1.37. The summed E-state index contributed by atoms with van der Waals surface area (Å²) < 4.78 is 43.9. The molecule has 10 heteroatoms. The molecular formula is C12H17F3N4O3. The molecule has 0 aliphatic carbocycles. The first-order valence-corrected chi connectivity index (χ1v) is 6.72. The number of carboxylic acid groups (broad SMARTS) is 1. The van der Waals surface area contributed by atoms with Crippen molar-refractivity contribution >= 4 is 6.09 Å². The maximum Gasteiger partial charge on any atom is 0.435 e. The average molecular weight is 322 g/mol. The SMILES string of the molecule is Cn1nc(C(F)(F)F)cc1OCC[C@@H]1CN(C(=O)O)CCN1. The first-order valence-electron chi connectivity index (χ1n) is 6.72. The minimum absolute atomic E-state index is 0.0261. The fourth-order valence-corrected chi connectivity index (χ4v) is 2.22. The highest BCUT2D eigenvalue weighted by Crippen LogP contribution is 2.30.